The number of rotatable bonds is 2. The monoisotopic (exact) mass is 175 g/mol. The topological polar surface area (TPSA) is 58.6 Å². The van der Waals surface area contributed by atoms with Crippen molar-refractivity contribution in [3.8, 4) is 0 Å². The Balaban J connectivity index is 2.51. The van der Waals surface area contributed by atoms with Crippen LogP contribution in [0.3, 0.4) is 0 Å². The number of hydrogen-bond donors (Lipinski definition) is 1. The van der Waals surface area contributed by atoms with Gasteiger partial charge in [-0.3, -0.25) is 14.9 Å². The van der Waals surface area contributed by atoms with Gasteiger partial charge in [-0.2, -0.15) is 5.10 Å². The lowest BCUT2D eigenvalue weighted by Crippen LogP contribution is -1.96. The Hall–Kier alpha value is -1.71. The van der Waals surface area contributed by atoms with Crippen LogP contribution in [0.5, 0.6) is 0 Å². The van der Waals surface area contributed by atoms with E-state index in [1.54, 1.807) is 19.3 Å². The molecule has 2 aromatic rings. The number of carbonyl (C=O) groups excluding carboxylic acids is 1. The maximum absolute atomic E-state index is 10.9. The molecule has 0 spiro atoms. The van der Waals surface area contributed by atoms with Gasteiger partial charge in [0, 0.05) is 18.0 Å². The average Bonchev–Trinajstić information content (AvgIpc) is 2.48. The standard InChI is InChI=1S/C9H9N3O/c1-6(13)4-8-7-2-3-10-5-9(7)12-11-8/h2-3,5H,4H2,1H3,(H,11,12). The first-order valence-electron chi connectivity index (χ1n) is 4.04. The predicted octanol–water partition coefficient (Wildman–Crippen LogP) is 1.09. The molecule has 2 rings (SSSR count). The molecule has 2 aromatic heterocycles. The lowest BCUT2D eigenvalue weighted by Gasteiger charge is -1.92. The highest BCUT2D eigenvalue weighted by Crippen LogP contribution is 2.13. The summed E-state index contributed by atoms with van der Waals surface area (Å²) >= 11 is 0. The van der Waals surface area contributed by atoms with Crippen LogP contribution in [-0.4, -0.2) is 21.0 Å². The zero-order valence-electron chi connectivity index (χ0n) is 7.24. The molecule has 0 saturated carbocycles. The van der Waals surface area contributed by atoms with Crippen LogP contribution in [0, 0.1) is 0 Å². The van der Waals surface area contributed by atoms with Crippen molar-refractivity contribution >= 4 is 16.7 Å². The van der Waals surface area contributed by atoms with E-state index in [0.717, 1.165) is 16.6 Å². The first-order valence-corrected chi connectivity index (χ1v) is 4.04. The van der Waals surface area contributed by atoms with Gasteiger partial charge >= 0.3 is 0 Å². The number of hydrogen-bond acceptors (Lipinski definition) is 3. The molecular formula is C9H9N3O. The maximum Gasteiger partial charge on any atom is 0.135 e. The first kappa shape index (κ1) is 7.91. The largest absolute Gasteiger partial charge is 0.300 e. The normalized spacial score (nSPS) is 10.5. The Bertz CT molecular complexity index is 447. The highest BCUT2D eigenvalue weighted by atomic mass is 16.1. The maximum atomic E-state index is 10.9. The van der Waals surface area contributed by atoms with Gasteiger partial charge in [-0.15, -0.1) is 0 Å². The second-order valence-corrected chi connectivity index (χ2v) is 2.97. The molecule has 0 amide bonds. The Labute approximate surface area is 75.0 Å². The van der Waals surface area contributed by atoms with Crippen LogP contribution in [0.4, 0.5) is 0 Å². The Kier molecular flexibility index (Phi) is 1.81. The lowest BCUT2D eigenvalue weighted by atomic mass is 10.2. The number of H-pyrrole nitrogens is 1. The van der Waals surface area contributed by atoms with Gasteiger partial charge in [0.05, 0.1) is 11.9 Å². The average molecular weight is 175 g/mol. The van der Waals surface area contributed by atoms with Crippen molar-refractivity contribution in [3.63, 3.8) is 0 Å². The molecule has 1 N–H and O–H groups in total. The van der Waals surface area contributed by atoms with E-state index >= 15 is 0 Å². The second kappa shape index (κ2) is 2.97. The fourth-order valence-electron chi connectivity index (χ4n) is 1.30. The van der Waals surface area contributed by atoms with Crippen LogP contribution >= 0.6 is 0 Å². The van der Waals surface area contributed by atoms with Gasteiger partial charge in [0.2, 0.25) is 0 Å². The zero-order valence-corrected chi connectivity index (χ0v) is 7.24. The molecule has 0 aliphatic carbocycles. The zero-order chi connectivity index (χ0) is 9.26. The molecule has 0 unspecified atom stereocenters. The summed E-state index contributed by atoms with van der Waals surface area (Å²) in [6.45, 7) is 1.56. The minimum atomic E-state index is 0.127. The van der Waals surface area contributed by atoms with E-state index in [0.29, 0.717) is 6.42 Å². The Morgan fingerprint density at radius 1 is 1.62 bits per heavy atom. The van der Waals surface area contributed by atoms with E-state index in [4.69, 9.17) is 0 Å². The van der Waals surface area contributed by atoms with Crippen LogP contribution in [0.25, 0.3) is 10.9 Å². The van der Waals surface area contributed by atoms with E-state index in [9.17, 15) is 4.79 Å². The highest BCUT2D eigenvalue weighted by molar-refractivity contribution is 5.86. The molecule has 0 aliphatic rings. The summed E-state index contributed by atoms with van der Waals surface area (Å²) in [5.41, 5.74) is 1.67. The summed E-state index contributed by atoms with van der Waals surface area (Å²) < 4.78 is 0. The summed E-state index contributed by atoms with van der Waals surface area (Å²) in [4.78, 5) is 14.8. The molecule has 0 radical (unpaired) electrons. The Morgan fingerprint density at radius 2 is 2.46 bits per heavy atom. The molecule has 0 fully saturated rings. The van der Waals surface area contributed by atoms with Gasteiger partial charge in [0.1, 0.15) is 11.3 Å². The molecule has 0 aliphatic heterocycles. The molecule has 2 heterocycles. The summed E-state index contributed by atoms with van der Waals surface area (Å²) in [5.74, 6) is 0.127. The van der Waals surface area contributed by atoms with Gasteiger partial charge in [0.15, 0.2) is 0 Å². The van der Waals surface area contributed by atoms with Crippen molar-refractivity contribution in [1.29, 1.82) is 0 Å². The van der Waals surface area contributed by atoms with Crippen molar-refractivity contribution < 1.29 is 4.79 Å². The second-order valence-electron chi connectivity index (χ2n) is 2.97. The van der Waals surface area contributed by atoms with E-state index in [-0.39, 0.29) is 5.78 Å². The van der Waals surface area contributed by atoms with Gasteiger partial charge in [-0.05, 0) is 13.0 Å². The number of pyridine rings is 1. The lowest BCUT2D eigenvalue weighted by molar-refractivity contribution is -0.116. The van der Waals surface area contributed by atoms with Crippen LogP contribution in [-0.2, 0) is 11.2 Å². The van der Waals surface area contributed by atoms with Gasteiger partial charge in [0.25, 0.3) is 0 Å². The molecule has 0 bridgehead atoms. The quantitative estimate of drug-likeness (QED) is 0.743. The summed E-state index contributed by atoms with van der Waals surface area (Å²) in [6, 6.07) is 1.86. The van der Waals surface area contributed by atoms with Gasteiger partial charge in [-0.1, -0.05) is 0 Å². The predicted molar refractivity (Wildman–Crippen MR) is 48.3 cm³/mol. The van der Waals surface area contributed by atoms with Crippen LogP contribution in [0.15, 0.2) is 18.5 Å². The van der Waals surface area contributed by atoms with Crippen molar-refractivity contribution in [3.05, 3.63) is 24.2 Å². The van der Waals surface area contributed by atoms with Crippen molar-refractivity contribution in [2.75, 3.05) is 0 Å². The summed E-state index contributed by atoms with van der Waals surface area (Å²) in [6.07, 6.45) is 3.78. The number of fused-ring (bicyclic) bond motifs is 1. The molecule has 4 heteroatoms. The number of Topliss-reactive ketones (excluding diaryl/α,β-unsaturated/α-hetero) is 1. The number of nitrogens with one attached hydrogen (secondary N) is 1. The fourth-order valence-corrected chi connectivity index (χ4v) is 1.30. The third kappa shape index (κ3) is 1.42. The highest BCUT2D eigenvalue weighted by Gasteiger charge is 2.05. The van der Waals surface area contributed by atoms with E-state index in [2.05, 4.69) is 15.2 Å². The first-order chi connectivity index (χ1) is 6.27. The minimum absolute atomic E-state index is 0.127. The molecule has 66 valence electrons. The molecule has 4 nitrogen and oxygen atoms in total. The third-order valence-electron chi connectivity index (χ3n) is 1.86. The molecule has 0 saturated heterocycles. The number of carbonyl (C=O) groups is 1. The summed E-state index contributed by atoms with van der Waals surface area (Å²) in [5, 5.41) is 7.84. The molecule has 13 heavy (non-hydrogen) atoms. The van der Waals surface area contributed by atoms with Gasteiger partial charge < -0.3 is 0 Å². The molecular weight excluding hydrogens is 166 g/mol. The van der Waals surface area contributed by atoms with Crippen LogP contribution < -0.4 is 0 Å². The van der Waals surface area contributed by atoms with Crippen molar-refractivity contribution in [2.24, 2.45) is 0 Å². The van der Waals surface area contributed by atoms with Gasteiger partial charge in [-0.25, -0.2) is 0 Å². The van der Waals surface area contributed by atoms with E-state index < -0.39 is 0 Å². The van der Waals surface area contributed by atoms with Crippen LogP contribution in [0.1, 0.15) is 12.6 Å². The minimum Gasteiger partial charge on any atom is -0.300 e. The SMILES string of the molecule is CC(=O)Cc1[nH]nc2cnccc12. The van der Waals surface area contributed by atoms with Crippen molar-refractivity contribution in [1.82, 2.24) is 15.2 Å². The smallest absolute Gasteiger partial charge is 0.135 e. The van der Waals surface area contributed by atoms with E-state index in [1.807, 2.05) is 6.07 Å². The number of aromatic amines is 1. The number of ketones is 1. The van der Waals surface area contributed by atoms with E-state index in [1.165, 1.54) is 0 Å². The molecule has 0 aromatic carbocycles. The number of nitrogens with zero attached hydrogens (tertiary/aromatic N) is 2. The number of aromatic nitrogens is 3. The van der Waals surface area contributed by atoms with Crippen LogP contribution in [0.2, 0.25) is 0 Å². The molecule has 0 atom stereocenters. The third-order valence-corrected chi connectivity index (χ3v) is 1.86. The summed E-state index contributed by atoms with van der Waals surface area (Å²) in [7, 11) is 0. The Morgan fingerprint density at radius 3 is 3.23 bits per heavy atom. The van der Waals surface area contributed by atoms with Crippen molar-refractivity contribution in [2.45, 2.75) is 13.3 Å². The fraction of sp³-hybridized carbons (Fsp3) is 0.222.